The summed E-state index contributed by atoms with van der Waals surface area (Å²) in [5.41, 5.74) is 0.983. The molecule has 0 unspecified atom stereocenters. The smallest absolute Gasteiger partial charge is 0.269 e. The molecule has 1 amide bonds. The number of nitrogens with one attached hydrogen (secondary N) is 1. The molecular weight excluding hydrogens is 260 g/mol. The van der Waals surface area contributed by atoms with Crippen molar-refractivity contribution >= 4 is 24.9 Å². The molecule has 0 aromatic heterocycles. The van der Waals surface area contributed by atoms with Gasteiger partial charge in [-0.3, -0.25) is 14.9 Å². The highest BCUT2D eigenvalue weighted by molar-refractivity contribution is 6.93. The normalized spacial score (nSPS) is 12.1. The van der Waals surface area contributed by atoms with Gasteiger partial charge in [-0.05, 0) is 22.9 Å². The molecule has 1 aromatic carbocycles. The number of benzene rings is 1. The van der Waals surface area contributed by atoms with Crippen molar-refractivity contribution in [2.24, 2.45) is 0 Å². The Morgan fingerprint density at radius 3 is 2.16 bits per heavy atom. The Labute approximate surface area is 113 Å². The van der Waals surface area contributed by atoms with Crippen molar-refractivity contribution in [2.45, 2.75) is 26.6 Å². The van der Waals surface area contributed by atoms with Crippen LogP contribution in [0.3, 0.4) is 0 Å². The van der Waals surface area contributed by atoms with Crippen LogP contribution in [0, 0.1) is 10.1 Å². The largest absolute Gasteiger partial charge is 0.333 e. The number of nitro benzene ring substituents is 1. The SMILES string of the molecule is CC(=O)NC=C(c1ccc([N+](=O)[O-])cc1)[Si](C)(C)C. The van der Waals surface area contributed by atoms with Crippen molar-refractivity contribution in [3.05, 3.63) is 46.1 Å². The van der Waals surface area contributed by atoms with Crippen LogP contribution in [0.2, 0.25) is 19.6 Å². The van der Waals surface area contributed by atoms with Crippen LogP contribution in [-0.2, 0) is 4.79 Å². The van der Waals surface area contributed by atoms with Gasteiger partial charge in [-0.15, -0.1) is 0 Å². The summed E-state index contributed by atoms with van der Waals surface area (Å²) in [6.07, 6.45) is 1.72. The van der Waals surface area contributed by atoms with Gasteiger partial charge in [-0.2, -0.15) is 0 Å². The van der Waals surface area contributed by atoms with Gasteiger partial charge < -0.3 is 5.32 Å². The molecular formula is C13H18N2O3Si. The third kappa shape index (κ3) is 4.33. The molecule has 0 aliphatic heterocycles. The van der Waals surface area contributed by atoms with Crippen molar-refractivity contribution in [1.29, 1.82) is 0 Å². The zero-order valence-corrected chi connectivity index (χ0v) is 12.6. The Balaban J connectivity index is 3.15. The van der Waals surface area contributed by atoms with Crippen molar-refractivity contribution in [2.75, 3.05) is 0 Å². The third-order valence-corrected chi connectivity index (χ3v) is 4.67. The van der Waals surface area contributed by atoms with Gasteiger partial charge in [0.1, 0.15) is 0 Å². The summed E-state index contributed by atoms with van der Waals surface area (Å²) in [7, 11) is -1.66. The van der Waals surface area contributed by atoms with Gasteiger partial charge in [-0.25, -0.2) is 0 Å². The van der Waals surface area contributed by atoms with Crippen molar-refractivity contribution in [3.8, 4) is 0 Å². The molecule has 0 heterocycles. The van der Waals surface area contributed by atoms with Crippen molar-refractivity contribution in [1.82, 2.24) is 5.32 Å². The Kier molecular flexibility index (Phi) is 4.60. The molecule has 1 rings (SSSR count). The number of nitro groups is 1. The standard InChI is InChI=1S/C13H18N2O3Si/c1-10(16)14-9-13(19(2,3)4)11-5-7-12(8-6-11)15(17)18/h5-9H,1-4H3,(H,14,16). The molecule has 5 nitrogen and oxygen atoms in total. The zero-order valence-electron chi connectivity index (χ0n) is 11.6. The topological polar surface area (TPSA) is 72.2 Å². The van der Waals surface area contributed by atoms with Crippen LogP contribution < -0.4 is 5.32 Å². The van der Waals surface area contributed by atoms with Gasteiger partial charge in [-0.1, -0.05) is 19.6 Å². The Hall–Kier alpha value is -1.95. The first-order valence-electron chi connectivity index (χ1n) is 5.94. The minimum absolute atomic E-state index is 0.0678. The van der Waals surface area contributed by atoms with Crippen LogP contribution in [0.1, 0.15) is 12.5 Å². The van der Waals surface area contributed by atoms with E-state index in [1.807, 2.05) is 0 Å². The number of hydrogen-bond acceptors (Lipinski definition) is 3. The van der Waals surface area contributed by atoms with E-state index in [0.29, 0.717) is 0 Å². The van der Waals surface area contributed by atoms with Crippen LogP contribution in [0.25, 0.3) is 5.20 Å². The van der Waals surface area contributed by atoms with E-state index in [4.69, 9.17) is 0 Å². The van der Waals surface area contributed by atoms with E-state index in [1.54, 1.807) is 18.3 Å². The number of rotatable bonds is 4. The minimum atomic E-state index is -1.66. The maximum absolute atomic E-state index is 11.0. The van der Waals surface area contributed by atoms with Crippen LogP contribution in [-0.4, -0.2) is 18.9 Å². The van der Waals surface area contributed by atoms with Crippen molar-refractivity contribution in [3.63, 3.8) is 0 Å². The quantitative estimate of drug-likeness (QED) is 0.523. The molecule has 0 saturated heterocycles. The van der Waals surface area contributed by atoms with Crippen LogP contribution >= 0.6 is 0 Å². The van der Waals surface area contributed by atoms with E-state index < -0.39 is 13.0 Å². The Morgan fingerprint density at radius 1 is 1.26 bits per heavy atom. The Bertz CT molecular complexity index is 516. The maximum atomic E-state index is 11.0. The predicted octanol–water partition coefficient (Wildman–Crippen LogP) is 2.95. The van der Waals surface area contributed by atoms with Gasteiger partial charge in [0.15, 0.2) is 0 Å². The molecule has 6 heteroatoms. The summed E-state index contributed by atoms with van der Waals surface area (Å²) in [5.74, 6) is -0.127. The molecule has 102 valence electrons. The Morgan fingerprint density at radius 2 is 1.79 bits per heavy atom. The average molecular weight is 278 g/mol. The number of hydrogen-bond donors (Lipinski definition) is 1. The highest BCUT2D eigenvalue weighted by atomic mass is 28.3. The lowest BCUT2D eigenvalue weighted by Gasteiger charge is -2.21. The first-order chi connectivity index (χ1) is 8.71. The summed E-state index contributed by atoms with van der Waals surface area (Å²) in [4.78, 5) is 21.2. The highest BCUT2D eigenvalue weighted by Gasteiger charge is 2.21. The van der Waals surface area contributed by atoms with Gasteiger partial charge in [0.05, 0.1) is 13.0 Å². The molecule has 19 heavy (non-hydrogen) atoms. The second-order valence-corrected chi connectivity index (χ2v) is 10.4. The second-order valence-electron chi connectivity index (χ2n) is 5.31. The highest BCUT2D eigenvalue weighted by Crippen LogP contribution is 2.26. The van der Waals surface area contributed by atoms with Crippen LogP contribution in [0.15, 0.2) is 30.5 Å². The fraction of sp³-hybridized carbons (Fsp3) is 0.308. The van der Waals surface area contributed by atoms with Crippen LogP contribution in [0.5, 0.6) is 0 Å². The number of carbonyl (C=O) groups excluding carboxylic acids is 1. The predicted molar refractivity (Wildman–Crippen MR) is 78.2 cm³/mol. The molecule has 0 spiro atoms. The molecule has 0 aliphatic carbocycles. The zero-order chi connectivity index (χ0) is 14.6. The number of carbonyl (C=O) groups is 1. The first-order valence-corrected chi connectivity index (χ1v) is 9.44. The molecule has 0 atom stereocenters. The summed E-state index contributed by atoms with van der Waals surface area (Å²) >= 11 is 0. The number of amides is 1. The molecule has 1 aromatic rings. The van der Waals surface area contributed by atoms with E-state index in [2.05, 4.69) is 25.0 Å². The second kappa shape index (κ2) is 5.79. The number of non-ortho nitro benzene ring substituents is 1. The molecule has 0 bridgehead atoms. The lowest BCUT2D eigenvalue weighted by atomic mass is 10.2. The number of nitrogens with zero attached hydrogens (tertiary/aromatic N) is 1. The molecule has 0 radical (unpaired) electrons. The summed E-state index contributed by atoms with van der Waals surface area (Å²) in [5, 5.41) is 14.4. The minimum Gasteiger partial charge on any atom is -0.333 e. The molecule has 0 saturated carbocycles. The fourth-order valence-electron chi connectivity index (χ4n) is 1.67. The summed E-state index contributed by atoms with van der Waals surface area (Å²) in [6.45, 7) is 7.92. The maximum Gasteiger partial charge on any atom is 0.269 e. The van der Waals surface area contributed by atoms with E-state index in [-0.39, 0.29) is 11.6 Å². The fourth-order valence-corrected chi connectivity index (χ4v) is 3.21. The van der Waals surface area contributed by atoms with Crippen LogP contribution in [0.4, 0.5) is 5.69 Å². The molecule has 1 N–H and O–H groups in total. The molecule has 0 aliphatic rings. The van der Waals surface area contributed by atoms with Gasteiger partial charge in [0.2, 0.25) is 5.91 Å². The van der Waals surface area contributed by atoms with Gasteiger partial charge in [0, 0.05) is 25.3 Å². The summed E-state index contributed by atoms with van der Waals surface area (Å²) in [6, 6.07) is 6.42. The first kappa shape index (κ1) is 15.1. The lowest BCUT2D eigenvalue weighted by molar-refractivity contribution is -0.384. The lowest BCUT2D eigenvalue weighted by Crippen LogP contribution is -2.26. The van der Waals surface area contributed by atoms with Gasteiger partial charge in [0.25, 0.3) is 5.69 Å². The van der Waals surface area contributed by atoms with Gasteiger partial charge >= 0.3 is 0 Å². The van der Waals surface area contributed by atoms with E-state index >= 15 is 0 Å². The summed E-state index contributed by atoms with van der Waals surface area (Å²) < 4.78 is 0. The molecule has 0 fully saturated rings. The monoisotopic (exact) mass is 278 g/mol. The van der Waals surface area contributed by atoms with E-state index in [9.17, 15) is 14.9 Å². The average Bonchev–Trinajstić information content (AvgIpc) is 2.27. The van der Waals surface area contributed by atoms with E-state index in [0.717, 1.165) is 10.8 Å². The third-order valence-electron chi connectivity index (χ3n) is 2.62. The van der Waals surface area contributed by atoms with Crippen molar-refractivity contribution < 1.29 is 9.72 Å². The van der Waals surface area contributed by atoms with E-state index in [1.165, 1.54) is 19.1 Å².